The molecule has 72 valence electrons. The van der Waals surface area contributed by atoms with E-state index in [0.29, 0.717) is 5.02 Å². The number of nitrogens with one attached hydrogen (secondary N) is 1. The van der Waals surface area contributed by atoms with Crippen LogP contribution in [0.5, 0.6) is 5.75 Å². The number of hydrogen-bond donors (Lipinski definition) is 1. The van der Waals surface area contributed by atoms with E-state index in [4.69, 9.17) is 16.3 Å². The first-order valence-corrected chi connectivity index (χ1v) is 4.65. The fourth-order valence-electron chi connectivity index (χ4n) is 1.05. The fourth-order valence-corrected chi connectivity index (χ4v) is 1.22. The average molecular weight is 200 g/mol. The molecule has 0 aromatic heterocycles. The third-order valence-corrected chi connectivity index (χ3v) is 1.81. The lowest BCUT2D eigenvalue weighted by atomic mass is 10.3. The number of benzene rings is 1. The second-order valence-corrected chi connectivity index (χ2v) is 3.49. The van der Waals surface area contributed by atoms with Crippen LogP contribution in [0, 0.1) is 0 Å². The molecule has 0 aliphatic carbocycles. The van der Waals surface area contributed by atoms with Crippen LogP contribution in [0.1, 0.15) is 13.8 Å². The molecular weight excluding hydrogens is 186 g/mol. The molecule has 0 bridgehead atoms. The van der Waals surface area contributed by atoms with E-state index in [9.17, 15) is 0 Å². The van der Waals surface area contributed by atoms with Crippen LogP contribution < -0.4 is 10.1 Å². The molecule has 0 amide bonds. The van der Waals surface area contributed by atoms with Crippen molar-refractivity contribution in [2.24, 2.45) is 0 Å². The molecule has 1 aromatic rings. The van der Waals surface area contributed by atoms with Gasteiger partial charge in [0.25, 0.3) is 0 Å². The fraction of sp³-hybridized carbons (Fsp3) is 0.400. The van der Waals surface area contributed by atoms with Gasteiger partial charge in [-0.1, -0.05) is 11.6 Å². The first kappa shape index (κ1) is 10.2. The number of ether oxygens (including phenoxy) is 1. The number of rotatable bonds is 3. The van der Waals surface area contributed by atoms with Gasteiger partial charge in [0.2, 0.25) is 0 Å². The second kappa shape index (κ2) is 4.38. The van der Waals surface area contributed by atoms with Crippen molar-refractivity contribution >= 4 is 17.3 Å². The van der Waals surface area contributed by atoms with Gasteiger partial charge in [-0.15, -0.1) is 0 Å². The zero-order valence-corrected chi connectivity index (χ0v) is 8.85. The maximum Gasteiger partial charge on any atom is 0.144 e. The van der Waals surface area contributed by atoms with E-state index in [2.05, 4.69) is 5.32 Å². The molecule has 3 heteroatoms. The van der Waals surface area contributed by atoms with E-state index in [1.807, 2.05) is 39.1 Å². The van der Waals surface area contributed by atoms with Crippen LogP contribution in [0.3, 0.4) is 0 Å². The van der Waals surface area contributed by atoms with Crippen LogP contribution in [0.4, 0.5) is 5.69 Å². The van der Waals surface area contributed by atoms with Crippen LogP contribution in [0.15, 0.2) is 18.2 Å². The highest BCUT2D eigenvalue weighted by atomic mass is 35.5. The minimum atomic E-state index is 0.158. The summed E-state index contributed by atoms with van der Waals surface area (Å²) in [5, 5.41) is 3.73. The Balaban J connectivity index is 2.94. The van der Waals surface area contributed by atoms with Gasteiger partial charge in [-0.3, -0.25) is 0 Å². The lowest BCUT2D eigenvalue weighted by molar-refractivity contribution is 0.244. The molecular formula is C10H14ClNO. The molecule has 0 saturated carbocycles. The molecule has 0 heterocycles. The zero-order chi connectivity index (χ0) is 9.84. The number of hydrogen-bond acceptors (Lipinski definition) is 2. The van der Waals surface area contributed by atoms with Gasteiger partial charge in [0, 0.05) is 18.1 Å². The van der Waals surface area contributed by atoms with Gasteiger partial charge in [-0.25, -0.2) is 0 Å². The number of halogens is 1. The molecule has 0 unspecified atom stereocenters. The minimum Gasteiger partial charge on any atom is -0.489 e. The molecule has 0 aliphatic rings. The quantitative estimate of drug-likeness (QED) is 0.808. The maximum atomic E-state index is 5.85. The monoisotopic (exact) mass is 199 g/mol. The molecule has 2 nitrogen and oxygen atoms in total. The molecule has 0 aliphatic heterocycles. The second-order valence-electron chi connectivity index (χ2n) is 3.06. The van der Waals surface area contributed by atoms with Crippen LogP contribution in [0.2, 0.25) is 5.02 Å². The summed E-state index contributed by atoms with van der Waals surface area (Å²) in [7, 11) is 1.86. The summed E-state index contributed by atoms with van der Waals surface area (Å²) < 4.78 is 5.57. The maximum absolute atomic E-state index is 5.85. The van der Waals surface area contributed by atoms with Crippen molar-refractivity contribution in [3.63, 3.8) is 0 Å². The van der Waals surface area contributed by atoms with Gasteiger partial charge >= 0.3 is 0 Å². The van der Waals surface area contributed by atoms with Crippen LogP contribution in [-0.2, 0) is 0 Å². The first-order valence-electron chi connectivity index (χ1n) is 4.27. The highest BCUT2D eigenvalue weighted by Gasteiger charge is 2.04. The van der Waals surface area contributed by atoms with Crippen molar-refractivity contribution in [2.45, 2.75) is 20.0 Å². The van der Waals surface area contributed by atoms with E-state index >= 15 is 0 Å². The molecule has 0 saturated heterocycles. The summed E-state index contributed by atoms with van der Waals surface area (Å²) in [6.07, 6.45) is 0.158. The highest BCUT2D eigenvalue weighted by molar-refractivity contribution is 6.30. The molecule has 1 aromatic carbocycles. The van der Waals surface area contributed by atoms with Gasteiger partial charge in [-0.05, 0) is 26.0 Å². The lowest BCUT2D eigenvalue weighted by Crippen LogP contribution is -2.07. The minimum absolute atomic E-state index is 0.158. The predicted octanol–water partition coefficient (Wildman–Crippen LogP) is 3.17. The first-order chi connectivity index (χ1) is 6.13. The van der Waals surface area contributed by atoms with Crippen molar-refractivity contribution < 1.29 is 4.74 Å². The van der Waals surface area contributed by atoms with Gasteiger partial charge in [0.05, 0.1) is 11.8 Å². The van der Waals surface area contributed by atoms with E-state index in [-0.39, 0.29) is 6.10 Å². The average Bonchev–Trinajstić information content (AvgIpc) is 2.03. The van der Waals surface area contributed by atoms with E-state index in [0.717, 1.165) is 11.4 Å². The molecule has 0 radical (unpaired) electrons. The Morgan fingerprint density at radius 3 is 2.62 bits per heavy atom. The Kier molecular flexibility index (Phi) is 3.43. The number of anilines is 1. The summed E-state index contributed by atoms with van der Waals surface area (Å²) in [5.74, 6) is 0.796. The Bertz CT molecular complexity index is 286. The Labute approximate surface area is 83.9 Å². The zero-order valence-electron chi connectivity index (χ0n) is 8.10. The van der Waals surface area contributed by atoms with Crippen LogP contribution >= 0.6 is 11.6 Å². The molecule has 1 rings (SSSR count). The van der Waals surface area contributed by atoms with Crippen LogP contribution in [-0.4, -0.2) is 13.2 Å². The summed E-state index contributed by atoms with van der Waals surface area (Å²) in [6, 6.07) is 5.55. The highest BCUT2D eigenvalue weighted by Crippen LogP contribution is 2.28. The topological polar surface area (TPSA) is 21.3 Å². The third-order valence-electron chi connectivity index (χ3n) is 1.58. The van der Waals surface area contributed by atoms with Crippen molar-refractivity contribution in [1.82, 2.24) is 0 Å². The SMILES string of the molecule is CNc1ccc(Cl)cc1OC(C)C. The standard InChI is InChI=1S/C10H14ClNO/c1-7(2)13-10-6-8(11)4-5-9(10)12-3/h4-7,12H,1-3H3. The molecule has 0 spiro atoms. The van der Waals surface area contributed by atoms with Crippen LogP contribution in [0.25, 0.3) is 0 Å². The molecule has 0 atom stereocenters. The summed E-state index contributed by atoms with van der Waals surface area (Å²) in [6.45, 7) is 3.97. The lowest BCUT2D eigenvalue weighted by Gasteiger charge is -2.13. The van der Waals surface area contributed by atoms with E-state index < -0.39 is 0 Å². The van der Waals surface area contributed by atoms with Crippen molar-refractivity contribution in [3.8, 4) is 5.75 Å². The van der Waals surface area contributed by atoms with Gasteiger partial charge in [-0.2, -0.15) is 0 Å². The third kappa shape index (κ3) is 2.81. The van der Waals surface area contributed by atoms with Gasteiger partial charge in [0.15, 0.2) is 0 Å². The smallest absolute Gasteiger partial charge is 0.144 e. The van der Waals surface area contributed by atoms with Crippen molar-refractivity contribution in [1.29, 1.82) is 0 Å². The Morgan fingerprint density at radius 1 is 1.38 bits per heavy atom. The largest absolute Gasteiger partial charge is 0.489 e. The molecule has 1 N–H and O–H groups in total. The summed E-state index contributed by atoms with van der Waals surface area (Å²) in [4.78, 5) is 0. The Hall–Kier alpha value is -0.890. The summed E-state index contributed by atoms with van der Waals surface area (Å²) in [5.41, 5.74) is 0.957. The molecule has 13 heavy (non-hydrogen) atoms. The van der Waals surface area contributed by atoms with E-state index in [1.165, 1.54) is 0 Å². The normalized spacial score (nSPS) is 10.2. The van der Waals surface area contributed by atoms with Gasteiger partial charge < -0.3 is 10.1 Å². The van der Waals surface area contributed by atoms with Crippen molar-refractivity contribution in [2.75, 3.05) is 12.4 Å². The van der Waals surface area contributed by atoms with E-state index in [1.54, 1.807) is 0 Å². The predicted molar refractivity (Wildman–Crippen MR) is 56.8 cm³/mol. The van der Waals surface area contributed by atoms with Gasteiger partial charge in [0.1, 0.15) is 5.75 Å². The molecule has 0 fully saturated rings. The van der Waals surface area contributed by atoms with Crippen molar-refractivity contribution in [3.05, 3.63) is 23.2 Å². The Morgan fingerprint density at radius 2 is 2.08 bits per heavy atom. The summed E-state index contributed by atoms with van der Waals surface area (Å²) >= 11 is 5.85.